The van der Waals surface area contributed by atoms with Gasteiger partial charge in [0.2, 0.25) is 0 Å². The van der Waals surface area contributed by atoms with Gasteiger partial charge in [0.15, 0.2) is 0 Å². The van der Waals surface area contributed by atoms with Crippen LogP contribution in [0.4, 0.5) is 5.69 Å². The number of carbonyl (C=O) groups is 1. The third kappa shape index (κ3) is 4.71. The quantitative estimate of drug-likeness (QED) is 0.372. The molecule has 33 heavy (non-hydrogen) atoms. The zero-order chi connectivity index (χ0) is 22.6. The molecule has 6 nitrogen and oxygen atoms in total. The summed E-state index contributed by atoms with van der Waals surface area (Å²) in [6, 6.07) is 21.7. The van der Waals surface area contributed by atoms with E-state index in [1.807, 2.05) is 66.9 Å². The topological polar surface area (TPSA) is 93.0 Å². The van der Waals surface area contributed by atoms with Crippen molar-refractivity contribution in [3.8, 4) is 16.9 Å². The number of nitrogens with zero attached hydrogens (tertiary/aromatic N) is 1. The fourth-order valence-electron chi connectivity index (χ4n) is 3.94. The van der Waals surface area contributed by atoms with E-state index in [0.29, 0.717) is 17.9 Å². The molecule has 1 amide bonds. The summed E-state index contributed by atoms with van der Waals surface area (Å²) >= 11 is 0. The van der Waals surface area contributed by atoms with Crippen LogP contribution >= 0.6 is 0 Å². The minimum Gasteiger partial charge on any atom is -0.490 e. The SMILES string of the molecule is N[C@@H](COc1cncc(-c2ccc3c(c2)C(=Cc2ccc[nH]2)C(=O)N3)c1)Cc1ccccc1. The molecule has 0 saturated carbocycles. The second-order valence-electron chi connectivity index (χ2n) is 8.07. The van der Waals surface area contributed by atoms with Crippen molar-refractivity contribution in [3.63, 3.8) is 0 Å². The molecule has 0 radical (unpaired) electrons. The molecule has 164 valence electrons. The first-order valence-electron chi connectivity index (χ1n) is 10.8. The van der Waals surface area contributed by atoms with Gasteiger partial charge in [-0.1, -0.05) is 36.4 Å². The van der Waals surface area contributed by atoms with Crippen LogP contribution in [0.3, 0.4) is 0 Å². The van der Waals surface area contributed by atoms with Gasteiger partial charge in [0.25, 0.3) is 5.91 Å². The van der Waals surface area contributed by atoms with Crippen LogP contribution in [0.2, 0.25) is 0 Å². The van der Waals surface area contributed by atoms with Crippen molar-refractivity contribution in [1.29, 1.82) is 0 Å². The Balaban J connectivity index is 1.33. The molecule has 0 fully saturated rings. The number of nitrogens with two attached hydrogens (primary N) is 1. The molecule has 1 atom stereocenters. The summed E-state index contributed by atoms with van der Waals surface area (Å²) in [6.07, 6.45) is 7.91. The lowest BCUT2D eigenvalue weighted by molar-refractivity contribution is -0.110. The standard InChI is InChI=1S/C27H24N4O2/c28-21(11-18-5-2-1-3-6-18)17-33-23-12-20(15-29-16-23)19-8-9-26-24(13-19)25(27(32)31-26)14-22-7-4-10-30-22/h1-10,12-16,21,30H,11,17,28H2,(H,31,32)/t21-/m1/s1. The molecule has 0 aliphatic carbocycles. The Labute approximate surface area is 192 Å². The Morgan fingerprint density at radius 1 is 1.00 bits per heavy atom. The number of nitrogens with one attached hydrogen (secondary N) is 2. The smallest absolute Gasteiger partial charge is 0.256 e. The van der Waals surface area contributed by atoms with E-state index in [-0.39, 0.29) is 11.9 Å². The van der Waals surface area contributed by atoms with Gasteiger partial charge < -0.3 is 20.8 Å². The van der Waals surface area contributed by atoms with E-state index in [4.69, 9.17) is 10.5 Å². The van der Waals surface area contributed by atoms with Crippen molar-refractivity contribution in [3.05, 3.63) is 102 Å². The lowest BCUT2D eigenvalue weighted by Gasteiger charge is -2.14. The molecule has 0 saturated heterocycles. The summed E-state index contributed by atoms with van der Waals surface area (Å²) in [5, 5.41) is 2.93. The molecule has 2 aromatic heterocycles. The van der Waals surface area contributed by atoms with Gasteiger partial charge in [-0.3, -0.25) is 9.78 Å². The van der Waals surface area contributed by atoms with E-state index in [1.165, 1.54) is 5.56 Å². The Bertz CT molecular complexity index is 1300. The highest BCUT2D eigenvalue weighted by Crippen LogP contribution is 2.36. The van der Waals surface area contributed by atoms with Gasteiger partial charge in [-0.2, -0.15) is 0 Å². The number of fused-ring (bicyclic) bond motifs is 1. The number of benzene rings is 2. The molecule has 0 bridgehead atoms. The van der Waals surface area contributed by atoms with E-state index >= 15 is 0 Å². The Hall–Kier alpha value is -4.16. The molecule has 0 unspecified atom stereocenters. The van der Waals surface area contributed by atoms with E-state index in [1.54, 1.807) is 12.4 Å². The highest BCUT2D eigenvalue weighted by atomic mass is 16.5. The largest absolute Gasteiger partial charge is 0.490 e. The molecule has 6 heteroatoms. The summed E-state index contributed by atoms with van der Waals surface area (Å²) in [5.74, 6) is 0.548. The van der Waals surface area contributed by atoms with Crippen LogP contribution in [0.15, 0.2) is 85.3 Å². The average molecular weight is 437 g/mol. The normalized spacial score (nSPS) is 14.7. The van der Waals surface area contributed by atoms with Crippen LogP contribution in [0, 0.1) is 0 Å². The first kappa shape index (κ1) is 20.7. The van der Waals surface area contributed by atoms with Gasteiger partial charge in [0.05, 0.1) is 11.8 Å². The van der Waals surface area contributed by atoms with Crippen molar-refractivity contribution in [2.75, 3.05) is 11.9 Å². The van der Waals surface area contributed by atoms with Gasteiger partial charge in [0.1, 0.15) is 12.4 Å². The molecule has 2 aromatic carbocycles. The number of H-pyrrole nitrogens is 1. The molecule has 4 N–H and O–H groups in total. The second kappa shape index (κ2) is 9.14. The van der Waals surface area contributed by atoms with Crippen LogP contribution in [-0.2, 0) is 11.2 Å². The van der Waals surface area contributed by atoms with Crippen LogP contribution in [0.1, 0.15) is 16.8 Å². The second-order valence-corrected chi connectivity index (χ2v) is 8.07. The number of carbonyl (C=O) groups excluding carboxylic acids is 1. The molecule has 1 aliphatic rings. The van der Waals surface area contributed by atoms with Crippen LogP contribution in [-0.4, -0.2) is 28.5 Å². The number of anilines is 1. The summed E-state index contributed by atoms with van der Waals surface area (Å²) in [6.45, 7) is 0.395. The monoisotopic (exact) mass is 436 g/mol. The van der Waals surface area contributed by atoms with Crippen LogP contribution in [0.25, 0.3) is 22.8 Å². The van der Waals surface area contributed by atoms with Crippen LogP contribution < -0.4 is 15.8 Å². The molecule has 4 aromatic rings. The summed E-state index contributed by atoms with van der Waals surface area (Å²) in [4.78, 5) is 20.0. The number of rotatable bonds is 7. The van der Waals surface area contributed by atoms with Gasteiger partial charge in [-0.25, -0.2) is 0 Å². The number of hydrogen-bond acceptors (Lipinski definition) is 4. The molecule has 5 rings (SSSR count). The van der Waals surface area contributed by atoms with E-state index in [0.717, 1.165) is 34.5 Å². The average Bonchev–Trinajstić information content (AvgIpc) is 3.46. The zero-order valence-corrected chi connectivity index (χ0v) is 18.0. The summed E-state index contributed by atoms with van der Waals surface area (Å²) < 4.78 is 5.93. The van der Waals surface area contributed by atoms with E-state index in [2.05, 4.69) is 27.4 Å². The highest BCUT2D eigenvalue weighted by molar-refractivity contribution is 6.35. The maximum absolute atomic E-state index is 12.5. The molecule has 1 aliphatic heterocycles. The zero-order valence-electron chi connectivity index (χ0n) is 18.0. The van der Waals surface area contributed by atoms with Crippen molar-refractivity contribution in [1.82, 2.24) is 9.97 Å². The van der Waals surface area contributed by atoms with Crippen molar-refractivity contribution in [2.24, 2.45) is 5.73 Å². The molecular weight excluding hydrogens is 412 g/mol. The number of hydrogen-bond donors (Lipinski definition) is 3. The first-order valence-corrected chi connectivity index (χ1v) is 10.8. The maximum Gasteiger partial charge on any atom is 0.256 e. The first-order chi connectivity index (χ1) is 16.2. The van der Waals surface area contributed by atoms with E-state index in [9.17, 15) is 4.79 Å². The third-order valence-corrected chi connectivity index (χ3v) is 5.58. The number of ether oxygens (including phenoxy) is 1. The predicted octanol–water partition coefficient (Wildman–Crippen LogP) is 4.52. The fourth-order valence-corrected chi connectivity index (χ4v) is 3.94. The predicted molar refractivity (Wildman–Crippen MR) is 131 cm³/mol. The lowest BCUT2D eigenvalue weighted by Crippen LogP contribution is -2.30. The summed E-state index contributed by atoms with van der Waals surface area (Å²) in [7, 11) is 0. The maximum atomic E-state index is 12.5. The van der Waals surface area contributed by atoms with Crippen molar-refractivity contribution < 1.29 is 9.53 Å². The molecule has 0 spiro atoms. The fraction of sp³-hybridized carbons (Fsp3) is 0.111. The Morgan fingerprint density at radius 3 is 2.70 bits per heavy atom. The summed E-state index contributed by atoms with van der Waals surface area (Å²) in [5.41, 5.74) is 12.5. The van der Waals surface area contributed by atoms with Crippen molar-refractivity contribution >= 4 is 23.2 Å². The highest BCUT2D eigenvalue weighted by Gasteiger charge is 2.24. The number of amides is 1. The minimum absolute atomic E-state index is 0.112. The van der Waals surface area contributed by atoms with Crippen molar-refractivity contribution in [2.45, 2.75) is 12.5 Å². The number of pyridine rings is 1. The van der Waals surface area contributed by atoms with Crippen LogP contribution in [0.5, 0.6) is 5.75 Å². The van der Waals surface area contributed by atoms with Gasteiger partial charge in [-0.15, -0.1) is 0 Å². The van der Waals surface area contributed by atoms with Gasteiger partial charge in [0, 0.05) is 40.9 Å². The Morgan fingerprint density at radius 2 is 1.88 bits per heavy atom. The third-order valence-electron chi connectivity index (χ3n) is 5.58. The number of aromatic nitrogens is 2. The molecule has 3 heterocycles. The van der Waals surface area contributed by atoms with Gasteiger partial charge >= 0.3 is 0 Å². The number of aromatic amines is 1. The lowest BCUT2D eigenvalue weighted by atomic mass is 10.00. The molecular formula is C27H24N4O2. The minimum atomic E-state index is -0.117. The van der Waals surface area contributed by atoms with Gasteiger partial charge in [-0.05, 0) is 54.0 Å². The van der Waals surface area contributed by atoms with E-state index < -0.39 is 0 Å². The Kier molecular flexibility index (Phi) is 5.74.